The Morgan fingerprint density at radius 2 is 1.73 bits per heavy atom. The van der Waals surface area contributed by atoms with Gasteiger partial charge in [-0.3, -0.25) is 4.18 Å². The van der Waals surface area contributed by atoms with E-state index in [9.17, 15) is 13.2 Å². The summed E-state index contributed by atoms with van der Waals surface area (Å²) in [6, 6.07) is 6.67. The molecule has 146 valence electrons. The number of hydrogen-bond acceptors (Lipinski definition) is 5. The lowest BCUT2D eigenvalue weighted by atomic mass is 9.81. The Labute approximate surface area is 160 Å². The SMILES string of the molecule is CN(CCC1CCC(COS(C)(=O)=O)CC1)C(=O)Oc1ccc(Cl)cc1. The summed E-state index contributed by atoms with van der Waals surface area (Å²) in [6.07, 6.45) is 5.57. The molecule has 1 amide bonds. The standard InChI is InChI=1S/C18H26ClNO5S/c1-20(18(21)25-17-9-7-16(19)8-10-17)12-11-14-3-5-15(6-4-14)13-24-26(2,22)23/h7-10,14-15H,3-6,11-13H2,1-2H3. The highest BCUT2D eigenvalue weighted by Crippen LogP contribution is 2.31. The normalized spacial score (nSPS) is 20.6. The highest BCUT2D eigenvalue weighted by Gasteiger charge is 2.23. The van der Waals surface area contributed by atoms with E-state index in [0.717, 1.165) is 38.4 Å². The molecule has 1 aromatic rings. The third-order valence-electron chi connectivity index (χ3n) is 4.69. The van der Waals surface area contributed by atoms with Crippen molar-refractivity contribution >= 4 is 27.8 Å². The van der Waals surface area contributed by atoms with Gasteiger partial charge in [-0.2, -0.15) is 8.42 Å². The van der Waals surface area contributed by atoms with Crippen LogP contribution < -0.4 is 4.74 Å². The zero-order valence-electron chi connectivity index (χ0n) is 15.2. The van der Waals surface area contributed by atoms with Gasteiger partial charge in [0.2, 0.25) is 0 Å². The fourth-order valence-electron chi connectivity index (χ4n) is 3.06. The fraction of sp³-hybridized carbons (Fsp3) is 0.611. The average Bonchev–Trinajstić information content (AvgIpc) is 2.60. The molecule has 8 heteroatoms. The predicted molar refractivity (Wildman–Crippen MR) is 101 cm³/mol. The summed E-state index contributed by atoms with van der Waals surface area (Å²) in [6.45, 7) is 0.903. The van der Waals surface area contributed by atoms with Crippen LogP contribution in [0.1, 0.15) is 32.1 Å². The molecule has 1 saturated carbocycles. The number of halogens is 1. The van der Waals surface area contributed by atoms with Gasteiger partial charge in [-0.05, 0) is 55.4 Å². The summed E-state index contributed by atoms with van der Waals surface area (Å²) in [7, 11) is -1.64. The molecule has 0 saturated heterocycles. The van der Waals surface area contributed by atoms with Gasteiger partial charge in [0.05, 0.1) is 12.9 Å². The number of carbonyl (C=O) groups is 1. The van der Waals surface area contributed by atoms with E-state index in [0.29, 0.717) is 29.2 Å². The van der Waals surface area contributed by atoms with Gasteiger partial charge in [0.15, 0.2) is 0 Å². The van der Waals surface area contributed by atoms with Crippen LogP contribution in [0.2, 0.25) is 5.02 Å². The second-order valence-electron chi connectivity index (χ2n) is 6.91. The van der Waals surface area contributed by atoms with Crippen molar-refractivity contribution in [1.29, 1.82) is 0 Å². The Hall–Kier alpha value is -1.31. The minimum atomic E-state index is -3.36. The molecule has 1 aromatic carbocycles. The third kappa shape index (κ3) is 7.51. The molecule has 1 aliphatic carbocycles. The highest BCUT2D eigenvalue weighted by atomic mass is 35.5. The number of rotatable bonds is 7. The molecular weight excluding hydrogens is 378 g/mol. The van der Waals surface area contributed by atoms with Crippen molar-refractivity contribution in [2.24, 2.45) is 11.8 Å². The average molecular weight is 404 g/mol. The first-order valence-corrected chi connectivity index (χ1v) is 11.0. The van der Waals surface area contributed by atoms with Crippen LogP contribution in [-0.2, 0) is 14.3 Å². The van der Waals surface area contributed by atoms with Crippen LogP contribution in [0.15, 0.2) is 24.3 Å². The Balaban J connectivity index is 1.67. The van der Waals surface area contributed by atoms with Gasteiger partial charge in [0.25, 0.3) is 10.1 Å². The maximum Gasteiger partial charge on any atom is 0.414 e. The number of nitrogens with zero attached hydrogens (tertiary/aromatic N) is 1. The maximum atomic E-state index is 12.1. The minimum Gasteiger partial charge on any atom is -0.410 e. The lowest BCUT2D eigenvalue weighted by molar-refractivity contribution is 0.151. The van der Waals surface area contributed by atoms with Gasteiger partial charge < -0.3 is 9.64 Å². The molecule has 0 bridgehead atoms. The van der Waals surface area contributed by atoms with Crippen molar-refractivity contribution in [2.45, 2.75) is 32.1 Å². The van der Waals surface area contributed by atoms with E-state index in [4.69, 9.17) is 20.5 Å². The summed E-state index contributed by atoms with van der Waals surface area (Å²) in [5.41, 5.74) is 0. The largest absolute Gasteiger partial charge is 0.414 e. The number of amides is 1. The Kier molecular flexibility index (Phi) is 7.73. The Morgan fingerprint density at radius 1 is 1.15 bits per heavy atom. The van der Waals surface area contributed by atoms with Crippen LogP contribution in [0.3, 0.4) is 0 Å². The van der Waals surface area contributed by atoms with Crippen molar-refractivity contribution in [3.63, 3.8) is 0 Å². The Bertz CT molecular complexity index is 684. The van der Waals surface area contributed by atoms with Crippen molar-refractivity contribution in [2.75, 3.05) is 26.5 Å². The van der Waals surface area contributed by atoms with Crippen molar-refractivity contribution in [3.8, 4) is 5.75 Å². The molecule has 26 heavy (non-hydrogen) atoms. The topological polar surface area (TPSA) is 72.9 Å². The van der Waals surface area contributed by atoms with E-state index in [1.165, 1.54) is 0 Å². The number of hydrogen-bond donors (Lipinski definition) is 0. The van der Waals surface area contributed by atoms with Crippen molar-refractivity contribution < 1.29 is 22.1 Å². The monoisotopic (exact) mass is 403 g/mol. The second-order valence-corrected chi connectivity index (χ2v) is 8.99. The zero-order valence-corrected chi connectivity index (χ0v) is 16.8. The molecule has 1 fully saturated rings. The van der Waals surface area contributed by atoms with Gasteiger partial charge in [-0.15, -0.1) is 0 Å². The Morgan fingerprint density at radius 3 is 2.31 bits per heavy atom. The molecule has 1 aliphatic rings. The van der Waals surface area contributed by atoms with Gasteiger partial charge in [0.1, 0.15) is 5.75 Å². The van der Waals surface area contributed by atoms with Gasteiger partial charge in [0, 0.05) is 18.6 Å². The summed E-state index contributed by atoms with van der Waals surface area (Å²) in [4.78, 5) is 13.7. The fourth-order valence-corrected chi connectivity index (χ4v) is 3.62. The summed E-state index contributed by atoms with van der Waals surface area (Å²) in [5, 5.41) is 0.593. The summed E-state index contributed by atoms with van der Waals surface area (Å²) < 4.78 is 32.3. The first kappa shape index (κ1) is 21.0. The van der Waals surface area contributed by atoms with E-state index in [1.807, 2.05) is 0 Å². The molecule has 0 aromatic heterocycles. The highest BCUT2D eigenvalue weighted by molar-refractivity contribution is 7.85. The lowest BCUT2D eigenvalue weighted by Gasteiger charge is -2.29. The molecule has 0 aliphatic heterocycles. The van der Waals surface area contributed by atoms with Gasteiger partial charge in [-0.1, -0.05) is 24.4 Å². The number of carbonyl (C=O) groups excluding carboxylic acids is 1. The smallest absolute Gasteiger partial charge is 0.410 e. The molecule has 0 N–H and O–H groups in total. The van der Waals surface area contributed by atoms with E-state index in [1.54, 1.807) is 36.2 Å². The molecular formula is C18H26ClNO5S. The molecule has 0 atom stereocenters. The van der Waals surface area contributed by atoms with E-state index in [-0.39, 0.29) is 12.7 Å². The van der Waals surface area contributed by atoms with E-state index in [2.05, 4.69) is 0 Å². The quantitative estimate of drug-likeness (QED) is 0.644. The van der Waals surface area contributed by atoms with Crippen LogP contribution in [0.4, 0.5) is 4.79 Å². The summed E-state index contributed by atoms with van der Waals surface area (Å²) >= 11 is 5.81. The first-order valence-electron chi connectivity index (χ1n) is 8.76. The first-order chi connectivity index (χ1) is 12.2. The predicted octanol–water partition coefficient (Wildman–Crippen LogP) is 3.94. The molecule has 6 nitrogen and oxygen atoms in total. The minimum absolute atomic E-state index is 0.277. The molecule has 0 radical (unpaired) electrons. The van der Waals surface area contributed by atoms with Gasteiger partial charge >= 0.3 is 6.09 Å². The maximum absolute atomic E-state index is 12.1. The molecule has 0 heterocycles. The van der Waals surface area contributed by atoms with Crippen LogP contribution in [0.25, 0.3) is 0 Å². The third-order valence-corrected chi connectivity index (χ3v) is 5.50. The zero-order chi connectivity index (χ0) is 19.2. The van der Waals surface area contributed by atoms with Crippen LogP contribution in [0, 0.1) is 11.8 Å². The molecule has 2 rings (SSSR count). The van der Waals surface area contributed by atoms with Crippen LogP contribution in [-0.4, -0.2) is 45.9 Å². The van der Waals surface area contributed by atoms with Crippen molar-refractivity contribution in [3.05, 3.63) is 29.3 Å². The van der Waals surface area contributed by atoms with Crippen LogP contribution in [0.5, 0.6) is 5.75 Å². The van der Waals surface area contributed by atoms with Crippen molar-refractivity contribution in [1.82, 2.24) is 4.90 Å². The summed E-state index contributed by atoms with van der Waals surface area (Å²) in [5.74, 6) is 1.31. The molecule has 0 spiro atoms. The second kappa shape index (κ2) is 9.58. The molecule has 0 unspecified atom stereocenters. The van der Waals surface area contributed by atoms with E-state index < -0.39 is 10.1 Å². The number of benzene rings is 1. The van der Waals surface area contributed by atoms with Crippen LogP contribution >= 0.6 is 11.6 Å². The number of ether oxygens (including phenoxy) is 1. The van der Waals surface area contributed by atoms with Gasteiger partial charge in [-0.25, -0.2) is 4.79 Å². The lowest BCUT2D eigenvalue weighted by Crippen LogP contribution is -2.32. The van der Waals surface area contributed by atoms with E-state index >= 15 is 0 Å².